The first-order chi connectivity index (χ1) is 12.7. The van der Waals surface area contributed by atoms with E-state index in [2.05, 4.69) is 5.32 Å². The van der Waals surface area contributed by atoms with E-state index in [0.717, 1.165) is 25.1 Å². The van der Waals surface area contributed by atoms with Gasteiger partial charge in [0.15, 0.2) is 0 Å². The van der Waals surface area contributed by atoms with Crippen LogP contribution in [0, 0.1) is 11.6 Å². The summed E-state index contributed by atoms with van der Waals surface area (Å²) in [6.45, 7) is 1.15. The van der Waals surface area contributed by atoms with E-state index in [1.807, 2.05) is 0 Å². The van der Waals surface area contributed by atoms with Gasteiger partial charge in [-0.05, 0) is 35.9 Å². The molecule has 2 rings (SSSR count). The summed E-state index contributed by atoms with van der Waals surface area (Å²) in [5.41, 5.74) is 0.00340. The molecule has 0 saturated heterocycles. The highest BCUT2D eigenvalue weighted by Gasteiger charge is 2.23. The molecule has 9 heteroatoms. The molecule has 0 aromatic heterocycles. The van der Waals surface area contributed by atoms with Crippen LogP contribution in [0.15, 0.2) is 36.4 Å². The van der Waals surface area contributed by atoms with Crippen LogP contribution in [0.2, 0.25) is 0 Å². The monoisotopic (exact) mass is 395 g/mol. The van der Waals surface area contributed by atoms with Crippen molar-refractivity contribution in [2.45, 2.75) is 13.0 Å². The standard InChI is InChI=1S/C18H15F2NO5S/c1-9(22)21-16(17(24)25)8-27-18(26)14-7-11(23)3-5-12(14)13-4-2-10(19)6-15(13)20/h2-7,16,23H,8H2,1H3,(H,21,22)(H,24,25)/t16-/m0/s1. The van der Waals surface area contributed by atoms with Gasteiger partial charge >= 0.3 is 5.97 Å². The number of carbonyl (C=O) groups is 3. The molecule has 0 fully saturated rings. The molecule has 0 radical (unpaired) electrons. The molecule has 0 bridgehead atoms. The number of carbonyl (C=O) groups excluding carboxylic acids is 2. The Labute approximate surface area is 157 Å². The average molecular weight is 395 g/mol. The van der Waals surface area contributed by atoms with E-state index in [0.29, 0.717) is 17.8 Å². The average Bonchev–Trinajstić information content (AvgIpc) is 2.58. The minimum atomic E-state index is -1.31. The molecular weight excluding hydrogens is 380 g/mol. The molecule has 0 spiro atoms. The third-order valence-corrected chi connectivity index (χ3v) is 4.48. The Bertz CT molecular complexity index is 903. The molecule has 0 saturated carbocycles. The lowest BCUT2D eigenvalue weighted by Gasteiger charge is -2.14. The largest absolute Gasteiger partial charge is 0.508 e. The number of halogens is 2. The number of aromatic hydroxyl groups is 1. The van der Waals surface area contributed by atoms with Crippen LogP contribution >= 0.6 is 11.8 Å². The lowest BCUT2D eigenvalue weighted by atomic mass is 9.99. The summed E-state index contributed by atoms with van der Waals surface area (Å²) in [6, 6.07) is 5.24. The van der Waals surface area contributed by atoms with E-state index < -0.39 is 34.7 Å². The third kappa shape index (κ3) is 5.27. The Kier molecular flexibility index (Phi) is 6.51. The van der Waals surface area contributed by atoms with Crippen LogP contribution in [-0.4, -0.2) is 39.0 Å². The summed E-state index contributed by atoms with van der Waals surface area (Å²) < 4.78 is 27.2. The molecule has 3 N–H and O–H groups in total. The molecule has 1 atom stereocenters. The van der Waals surface area contributed by atoms with Crippen LogP contribution in [0.5, 0.6) is 5.75 Å². The Morgan fingerprint density at radius 2 is 1.78 bits per heavy atom. The molecule has 6 nitrogen and oxygen atoms in total. The molecule has 0 aliphatic carbocycles. The number of carboxylic acid groups (broad SMARTS) is 1. The van der Waals surface area contributed by atoms with Crippen molar-refractivity contribution in [1.82, 2.24) is 5.32 Å². The first kappa shape index (κ1) is 20.4. The first-order valence-corrected chi connectivity index (χ1v) is 8.63. The van der Waals surface area contributed by atoms with E-state index in [9.17, 15) is 28.3 Å². The Balaban J connectivity index is 2.31. The van der Waals surface area contributed by atoms with Crippen LogP contribution in [-0.2, 0) is 9.59 Å². The molecule has 0 unspecified atom stereocenters. The van der Waals surface area contributed by atoms with Crippen molar-refractivity contribution in [3.63, 3.8) is 0 Å². The van der Waals surface area contributed by atoms with Gasteiger partial charge in [0.25, 0.3) is 0 Å². The number of carboxylic acids is 1. The molecule has 0 heterocycles. The Morgan fingerprint density at radius 1 is 1.11 bits per heavy atom. The lowest BCUT2D eigenvalue weighted by molar-refractivity contribution is -0.140. The van der Waals surface area contributed by atoms with Gasteiger partial charge in [-0.1, -0.05) is 11.8 Å². The van der Waals surface area contributed by atoms with Crippen molar-refractivity contribution in [3.8, 4) is 16.9 Å². The van der Waals surface area contributed by atoms with E-state index in [1.54, 1.807) is 0 Å². The highest BCUT2D eigenvalue weighted by molar-refractivity contribution is 8.14. The van der Waals surface area contributed by atoms with Gasteiger partial charge in [0, 0.05) is 29.9 Å². The van der Waals surface area contributed by atoms with Gasteiger partial charge in [0.1, 0.15) is 23.4 Å². The van der Waals surface area contributed by atoms with Crippen LogP contribution in [0.4, 0.5) is 8.78 Å². The normalized spacial score (nSPS) is 11.7. The minimum Gasteiger partial charge on any atom is -0.508 e. The topological polar surface area (TPSA) is 104 Å². The Hall–Kier alpha value is -2.94. The zero-order valence-electron chi connectivity index (χ0n) is 14.0. The number of thioether (sulfide) groups is 1. The first-order valence-electron chi connectivity index (χ1n) is 7.64. The number of aliphatic carboxylic acids is 1. The molecule has 2 aromatic carbocycles. The minimum absolute atomic E-state index is 0.0444. The Morgan fingerprint density at radius 3 is 2.37 bits per heavy atom. The summed E-state index contributed by atoms with van der Waals surface area (Å²) in [6.07, 6.45) is 0. The summed E-state index contributed by atoms with van der Waals surface area (Å²) in [4.78, 5) is 34.7. The molecule has 142 valence electrons. The maximum atomic E-state index is 14.1. The molecular formula is C18H15F2NO5S. The molecule has 1 amide bonds. The van der Waals surface area contributed by atoms with E-state index in [-0.39, 0.29) is 28.2 Å². The summed E-state index contributed by atoms with van der Waals surface area (Å²) in [5.74, 6) is -4.07. The summed E-state index contributed by atoms with van der Waals surface area (Å²) >= 11 is 0.592. The van der Waals surface area contributed by atoms with Crippen LogP contribution in [0.1, 0.15) is 17.3 Å². The third-order valence-electron chi connectivity index (χ3n) is 3.50. The second-order valence-corrected chi connectivity index (χ2v) is 6.54. The van der Waals surface area contributed by atoms with Gasteiger partial charge in [-0.15, -0.1) is 0 Å². The number of hydrogen-bond donors (Lipinski definition) is 3. The van der Waals surface area contributed by atoms with Crippen LogP contribution < -0.4 is 5.32 Å². The number of benzene rings is 2. The van der Waals surface area contributed by atoms with Gasteiger partial charge < -0.3 is 15.5 Å². The van der Waals surface area contributed by atoms with Crippen molar-refractivity contribution in [2.24, 2.45) is 0 Å². The molecule has 27 heavy (non-hydrogen) atoms. The fraction of sp³-hybridized carbons (Fsp3) is 0.167. The summed E-state index contributed by atoms with van der Waals surface area (Å²) in [7, 11) is 0. The van der Waals surface area contributed by atoms with Gasteiger partial charge in [-0.2, -0.15) is 0 Å². The van der Waals surface area contributed by atoms with Crippen molar-refractivity contribution in [3.05, 3.63) is 53.6 Å². The van der Waals surface area contributed by atoms with Crippen molar-refractivity contribution < 1.29 is 33.4 Å². The number of amides is 1. The number of phenolic OH excluding ortho intramolecular Hbond substituents is 1. The van der Waals surface area contributed by atoms with E-state index in [4.69, 9.17) is 5.11 Å². The fourth-order valence-electron chi connectivity index (χ4n) is 2.30. The zero-order chi connectivity index (χ0) is 20.1. The predicted molar refractivity (Wildman–Crippen MR) is 95.5 cm³/mol. The molecule has 2 aromatic rings. The van der Waals surface area contributed by atoms with Gasteiger partial charge in [0.05, 0.1) is 0 Å². The maximum Gasteiger partial charge on any atom is 0.327 e. The highest BCUT2D eigenvalue weighted by atomic mass is 32.2. The number of hydrogen-bond acceptors (Lipinski definition) is 5. The lowest BCUT2D eigenvalue weighted by Crippen LogP contribution is -2.41. The predicted octanol–water partition coefficient (Wildman–Crippen LogP) is 2.80. The second kappa shape index (κ2) is 8.63. The maximum absolute atomic E-state index is 14.1. The van der Waals surface area contributed by atoms with Crippen LogP contribution in [0.3, 0.4) is 0 Å². The van der Waals surface area contributed by atoms with Gasteiger partial charge in [-0.3, -0.25) is 9.59 Å². The second-order valence-electron chi connectivity index (χ2n) is 5.54. The van der Waals surface area contributed by atoms with E-state index >= 15 is 0 Å². The smallest absolute Gasteiger partial charge is 0.327 e. The van der Waals surface area contributed by atoms with Crippen molar-refractivity contribution >= 4 is 28.8 Å². The SMILES string of the molecule is CC(=O)N[C@@H](CSC(=O)c1cc(O)ccc1-c1ccc(F)cc1F)C(=O)O. The van der Waals surface area contributed by atoms with Crippen molar-refractivity contribution in [1.29, 1.82) is 0 Å². The number of phenols is 1. The van der Waals surface area contributed by atoms with Gasteiger partial charge in [0.2, 0.25) is 11.0 Å². The van der Waals surface area contributed by atoms with Crippen molar-refractivity contribution in [2.75, 3.05) is 5.75 Å². The quantitative estimate of drug-likeness (QED) is 0.695. The highest BCUT2D eigenvalue weighted by Crippen LogP contribution is 2.32. The van der Waals surface area contributed by atoms with Gasteiger partial charge in [-0.25, -0.2) is 13.6 Å². The zero-order valence-corrected chi connectivity index (χ0v) is 14.8. The summed E-state index contributed by atoms with van der Waals surface area (Å²) in [5, 5.41) is 20.3. The molecule has 0 aliphatic heterocycles. The fourth-order valence-corrected chi connectivity index (χ4v) is 3.17. The number of rotatable bonds is 6. The number of nitrogens with one attached hydrogen (secondary N) is 1. The molecule has 0 aliphatic rings. The van der Waals surface area contributed by atoms with Crippen LogP contribution in [0.25, 0.3) is 11.1 Å². The van der Waals surface area contributed by atoms with E-state index in [1.165, 1.54) is 12.1 Å².